The number of benzene rings is 1. The fourth-order valence-electron chi connectivity index (χ4n) is 1.26. The Morgan fingerprint density at radius 3 is 2.77 bits per heavy atom. The Kier molecular flexibility index (Phi) is 3.71. The minimum Gasteiger partial charge on any atom is -0.395 e. The lowest BCUT2D eigenvalue weighted by Gasteiger charge is -2.21. The van der Waals surface area contributed by atoms with E-state index in [2.05, 4.69) is 0 Å². The molecule has 1 rings (SSSR count). The van der Waals surface area contributed by atoms with E-state index in [0.717, 1.165) is 12.2 Å². The van der Waals surface area contributed by atoms with E-state index < -0.39 is 0 Å². The Morgan fingerprint density at radius 1 is 1.46 bits per heavy atom. The molecule has 3 heteroatoms. The smallest absolute Gasteiger partial charge is 0.125 e. The molecule has 0 saturated heterocycles. The normalized spacial score (nSPS) is 10.1. The van der Waals surface area contributed by atoms with Crippen molar-refractivity contribution in [1.29, 1.82) is 0 Å². The highest BCUT2D eigenvalue weighted by Gasteiger charge is 2.03. The predicted octanol–water partition coefficient (Wildman–Crippen LogP) is 1.64. The summed E-state index contributed by atoms with van der Waals surface area (Å²) < 4.78 is 12.8. The molecule has 0 atom stereocenters. The Morgan fingerprint density at radius 2 is 2.23 bits per heavy atom. The summed E-state index contributed by atoms with van der Waals surface area (Å²) in [5.41, 5.74) is 0.816. The molecule has 1 aromatic carbocycles. The molecule has 0 aliphatic carbocycles. The molecular formula is C10H14FNO. The van der Waals surface area contributed by atoms with Gasteiger partial charge in [-0.2, -0.15) is 0 Å². The minimum atomic E-state index is -0.242. The number of likely N-dealkylation sites (N-methyl/N-ethyl adjacent to an activating group) is 1. The molecule has 0 radical (unpaired) electrons. The first-order valence-corrected chi connectivity index (χ1v) is 4.39. The van der Waals surface area contributed by atoms with Crippen molar-refractivity contribution < 1.29 is 9.50 Å². The van der Waals surface area contributed by atoms with E-state index in [9.17, 15) is 4.39 Å². The fraction of sp³-hybridized carbons (Fsp3) is 0.400. The second-order valence-corrected chi connectivity index (χ2v) is 2.78. The molecule has 0 saturated carbocycles. The van der Waals surface area contributed by atoms with Gasteiger partial charge in [-0.1, -0.05) is 6.07 Å². The summed E-state index contributed by atoms with van der Waals surface area (Å²) in [6.45, 7) is 3.37. The maximum atomic E-state index is 12.8. The van der Waals surface area contributed by atoms with Crippen LogP contribution in [0.4, 0.5) is 10.1 Å². The molecule has 0 unspecified atom stereocenters. The third-order valence-corrected chi connectivity index (χ3v) is 1.92. The first-order chi connectivity index (χ1) is 6.27. The van der Waals surface area contributed by atoms with Crippen molar-refractivity contribution in [2.45, 2.75) is 6.92 Å². The van der Waals surface area contributed by atoms with Crippen LogP contribution in [-0.2, 0) is 0 Å². The predicted molar refractivity (Wildman–Crippen MR) is 51.4 cm³/mol. The van der Waals surface area contributed by atoms with Crippen molar-refractivity contribution >= 4 is 5.69 Å². The molecule has 0 aliphatic heterocycles. The lowest BCUT2D eigenvalue weighted by Crippen LogP contribution is -2.26. The van der Waals surface area contributed by atoms with Crippen LogP contribution in [0.5, 0.6) is 0 Å². The highest BCUT2D eigenvalue weighted by atomic mass is 19.1. The molecule has 0 bridgehead atoms. The van der Waals surface area contributed by atoms with Crippen molar-refractivity contribution in [2.75, 3.05) is 24.6 Å². The van der Waals surface area contributed by atoms with E-state index in [4.69, 9.17) is 5.11 Å². The van der Waals surface area contributed by atoms with E-state index >= 15 is 0 Å². The summed E-state index contributed by atoms with van der Waals surface area (Å²) in [6, 6.07) is 6.39. The average molecular weight is 183 g/mol. The van der Waals surface area contributed by atoms with Crippen molar-refractivity contribution in [3.05, 3.63) is 30.1 Å². The zero-order valence-corrected chi connectivity index (χ0v) is 7.70. The first kappa shape index (κ1) is 9.99. The zero-order chi connectivity index (χ0) is 9.68. The average Bonchev–Trinajstić information content (AvgIpc) is 2.14. The molecule has 0 aliphatic rings. The van der Waals surface area contributed by atoms with Crippen molar-refractivity contribution in [1.82, 2.24) is 0 Å². The van der Waals surface area contributed by atoms with Crippen LogP contribution in [0, 0.1) is 5.82 Å². The summed E-state index contributed by atoms with van der Waals surface area (Å²) in [6.07, 6.45) is 0. The van der Waals surface area contributed by atoms with Crippen LogP contribution in [0.2, 0.25) is 0 Å². The van der Waals surface area contributed by atoms with E-state index in [0.29, 0.717) is 6.54 Å². The number of anilines is 1. The van der Waals surface area contributed by atoms with E-state index in [1.807, 2.05) is 17.9 Å². The molecule has 2 nitrogen and oxygen atoms in total. The first-order valence-electron chi connectivity index (χ1n) is 4.39. The van der Waals surface area contributed by atoms with Crippen molar-refractivity contribution in [3.8, 4) is 0 Å². The van der Waals surface area contributed by atoms with Gasteiger partial charge in [0.25, 0.3) is 0 Å². The molecule has 1 aromatic rings. The lowest BCUT2D eigenvalue weighted by molar-refractivity contribution is 0.302. The van der Waals surface area contributed by atoms with Gasteiger partial charge < -0.3 is 10.0 Å². The minimum absolute atomic E-state index is 0.0877. The van der Waals surface area contributed by atoms with Crippen LogP contribution >= 0.6 is 0 Å². The largest absolute Gasteiger partial charge is 0.395 e. The highest BCUT2D eigenvalue weighted by Crippen LogP contribution is 2.14. The Bertz CT molecular complexity index is 265. The van der Waals surface area contributed by atoms with Gasteiger partial charge in [-0.15, -0.1) is 0 Å². The lowest BCUT2D eigenvalue weighted by atomic mass is 10.3. The zero-order valence-electron chi connectivity index (χ0n) is 7.70. The SMILES string of the molecule is CCN(CCO)c1cccc(F)c1. The number of halogens is 1. The molecular weight excluding hydrogens is 169 g/mol. The van der Waals surface area contributed by atoms with Crippen molar-refractivity contribution in [3.63, 3.8) is 0 Å². The summed E-state index contributed by atoms with van der Waals surface area (Å²) >= 11 is 0. The van der Waals surface area contributed by atoms with Gasteiger partial charge in [0, 0.05) is 18.8 Å². The van der Waals surface area contributed by atoms with Crippen LogP contribution in [0.15, 0.2) is 24.3 Å². The van der Waals surface area contributed by atoms with Crippen molar-refractivity contribution in [2.24, 2.45) is 0 Å². The van der Waals surface area contributed by atoms with Crippen LogP contribution in [0.3, 0.4) is 0 Å². The number of aliphatic hydroxyl groups excluding tert-OH is 1. The third kappa shape index (κ3) is 2.70. The fourth-order valence-corrected chi connectivity index (χ4v) is 1.26. The Balaban J connectivity index is 2.78. The van der Waals surface area contributed by atoms with E-state index in [-0.39, 0.29) is 12.4 Å². The summed E-state index contributed by atoms with van der Waals surface area (Å²) in [5.74, 6) is -0.242. The van der Waals surface area contributed by atoms with Crippen LogP contribution in [-0.4, -0.2) is 24.8 Å². The van der Waals surface area contributed by atoms with Gasteiger partial charge in [-0.05, 0) is 25.1 Å². The maximum absolute atomic E-state index is 12.8. The standard InChI is InChI=1S/C10H14FNO/c1-2-12(6-7-13)10-5-3-4-9(11)8-10/h3-5,8,13H,2,6-7H2,1H3. The molecule has 0 amide bonds. The van der Waals surface area contributed by atoms with Gasteiger partial charge in [0.05, 0.1) is 6.61 Å². The van der Waals surface area contributed by atoms with Crippen LogP contribution < -0.4 is 4.90 Å². The number of aliphatic hydroxyl groups is 1. The molecule has 0 fully saturated rings. The second-order valence-electron chi connectivity index (χ2n) is 2.78. The second kappa shape index (κ2) is 4.82. The summed E-state index contributed by atoms with van der Waals surface area (Å²) in [5, 5.41) is 8.76. The summed E-state index contributed by atoms with van der Waals surface area (Å²) in [7, 11) is 0. The molecule has 72 valence electrons. The Labute approximate surface area is 77.6 Å². The van der Waals surface area contributed by atoms with Crippen LogP contribution in [0.1, 0.15) is 6.92 Å². The maximum Gasteiger partial charge on any atom is 0.125 e. The molecule has 0 heterocycles. The van der Waals surface area contributed by atoms with E-state index in [1.54, 1.807) is 6.07 Å². The number of rotatable bonds is 4. The van der Waals surface area contributed by atoms with Crippen LogP contribution in [0.25, 0.3) is 0 Å². The van der Waals surface area contributed by atoms with Gasteiger partial charge in [-0.25, -0.2) is 4.39 Å². The van der Waals surface area contributed by atoms with Gasteiger partial charge >= 0.3 is 0 Å². The quantitative estimate of drug-likeness (QED) is 0.767. The van der Waals surface area contributed by atoms with Gasteiger partial charge in [-0.3, -0.25) is 0 Å². The van der Waals surface area contributed by atoms with Gasteiger partial charge in [0.1, 0.15) is 5.82 Å². The Hall–Kier alpha value is -1.09. The third-order valence-electron chi connectivity index (χ3n) is 1.92. The van der Waals surface area contributed by atoms with Gasteiger partial charge in [0.15, 0.2) is 0 Å². The number of hydrogen-bond acceptors (Lipinski definition) is 2. The van der Waals surface area contributed by atoms with E-state index in [1.165, 1.54) is 12.1 Å². The molecule has 0 aromatic heterocycles. The number of hydrogen-bond donors (Lipinski definition) is 1. The molecule has 13 heavy (non-hydrogen) atoms. The topological polar surface area (TPSA) is 23.5 Å². The number of nitrogens with zero attached hydrogens (tertiary/aromatic N) is 1. The van der Waals surface area contributed by atoms with Gasteiger partial charge in [0.2, 0.25) is 0 Å². The highest BCUT2D eigenvalue weighted by molar-refractivity contribution is 5.46. The summed E-state index contributed by atoms with van der Waals surface area (Å²) in [4.78, 5) is 1.92. The molecule has 0 spiro atoms. The molecule has 1 N–H and O–H groups in total. The monoisotopic (exact) mass is 183 g/mol.